The van der Waals surface area contributed by atoms with E-state index in [1.165, 1.54) is 0 Å². The molecule has 0 saturated carbocycles. The Morgan fingerprint density at radius 3 is 2.33 bits per heavy atom. The van der Waals surface area contributed by atoms with Gasteiger partial charge in [-0.25, -0.2) is 0 Å². The van der Waals surface area contributed by atoms with Gasteiger partial charge in [0, 0.05) is 16.4 Å². The van der Waals surface area contributed by atoms with Crippen molar-refractivity contribution in [1.82, 2.24) is 5.32 Å². The zero-order chi connectivity index (χ0) is 13.9. The monoisotopic (exact) mass is 315 g/mol. The van der Waals surface area contributed by atoms with Crippen LogP contribution in [0.5, 0.6) is 0 Å². The molecule has 0 saturated heterocycles. The van der Waals surface area contributed by atoms with Crippen molar-refractivity contribution >= 4 is 21.8 Å². The molecule has 18 heavy (non-hydrogen) atoms. The average molecular weight is 316 g/mol. The molecule has 0 radical (unpaired) electrons. The maximum Gasteiger partial charge on any atom is 0.255 e. The number of rotatable bonds is 5. The summed E-state index contributed by atoms with van der Waals surface area (Å²) in [7, 11) is 0. The van der Waals surface area contributed by atoms with E-state index in [-0.39, 0.29) is 11.4 Å². The molecular weight excluding hydrogens is 294 g/mol. The molecule has 0 aliphatic heterocycles. The Morgan fingerprint density at radius 1 is 1.33 bits per heavy atom. The highest BCUT2D eigenvalue weighted by molar-refractivity contribution is 9.09. The van der Waals surface area contributed by atoms with E-state index in [2.05, 4.69) is 35.1 Å². The maximum atomic E-state index is 12.4. The molecule has 1 rings (SSSR count). The van der Waals surface area contributed by atoms with Gasteiger partial charge in [0.05, 0.1) is 5.56 Å². The molecule has 1 N–H and O–H groups in total. The summed E-state index contributed by atoms with van der Waals surface area (Å²) in [5, 5.41) is 4.00. The number of hydrogen-bond donors (Lipinski definition) is 1. The van der Waals surface area contributed by atoms with Crippen molar-refractivity contribution in [1.29, 1.82) is 0 Å². The molecule has 1 heterocycles. The van der Waals surface area contributed by atoms with Gasteiger partial charge in [0.25, 0.3) is 5.91 Å². The summed E-state index contributed by atoms with van der Waals surface area (Å²) in [6, 6.07) is 0. The predicted octanol–water partition coefficient (Wildman–Crippen LogP) is 3.89. The van der Waals surface area contributed by atoms with Gasteiger partial charge in [0.1, 0.15) is 11.5 Å². The van der Waals surface area contributed by atoms with E-state index >= 15 is 0 Å². The first-order chi connectivity index (χ1) is 8.34. The molecule has 3 nitrogen and oxygen atoms in total. The van der Waals surface area contributed by atoms with Crippen molar-refractivity contribution in [3.05, 3.63) is 22.6 Å². The number of alkyl halides is 1. The Hall–Kier alpha value is -0.770. The number of carbonyl (C=O) groups is 1. The van der Waals surface area contributed by atoms with Gasteiger partial charge in [-0.3, -0.25) is 4.79 Å². The van der Waals surface area contributed by atoms with Gasteiger partial charge in [0.15, 0.2) is 0 Å². The fourth-order valence-corrected chi connectivity index (χ4v) is 2.88. The smallest absolute Gasteiger partial charge is 0.255 e. The Bertz CT molecular complexity index is 439. The molecule has 0 aliphatic rings. The highest BCUT2D eigenvalue weighted by atomic mass is 79.9. The van der Waals surface area contributed by atoms with Gasteiger partial charge < -0.3 is 9.73 Å². The summed E-state index contributed by atoms with van der Waals surface area (Å²) in [4.78, 5) is 12.4. The highest BCUT2D eigenvalue weighted by Gasteiger charge is 2.27. The highest BCUT2D eigenvalue weighted by Crippen LogP contribution is 2.23. The number of nitrogens with one attached hydrogen (secondary N) is 1. The molecule has 0 aliphatic carbocycles. The van der Waals surface area contributed by atoms with E-state index in [9.17, 15) is 4.79 Å². The zero-order valence-corrected chi connectivity index (χ0v) is 13.4. The molecule has 0 spiro atoms. The molecule has 1 aromatic rings. The lowest BCUT2D eigenvalue weighted by molar-refractivity contribution is 0.0899. The van der Waals surface area contributed by atoms with E-state index in [1.54, 1.807) is 0 Å². The van der Waals surface area contributed by atoms with Gasteiger partial charge in [-0.15, -0.1) is 0 Å². The molecule has 1 amide bonds. The van der Waals surface area contributed by atoms with Crippen LogP contribution < -0.4 is 5.32 Å². The lowest BCUT2D eigenvalue weighted by Crippen LogP contribution is -2.46. The Balaban J connectivity index is 2.94. The van der Waals surface area contributed by atoms with Crippen molar-refractivity contribution in [2.24, 2.45) is 0 Å². The fraction of sp³-hybridized carbons (Fsp3) is 0.643. The van der Waals surface area contributed by atoms with Crippen LogP contribution in [0.25, 0.3) is 0 Å². The van der Waals surface area contributed by atoms with Crippen LogP contribution in [0.2, 0.25) is 0 Å². The van der Waals surface area contributed by atoms with Crippen LogP contribution in [0.4, 0.5) is 0 Å². The van der Waals surface area contributed by atoms with Gasteiger partial charge >= 0.3 is 0 Å². The fourth-order valence-electron chi connectivity index (χ4n) is 2.00. The van der Waals surface area contributed by atoms with Crippen LogP contribution in [0.3, 0.4) is 0 Å². The first kappa shape index (κ1) is 15.3. The van der Waals surface area contributed by atoms with Crippen molar-refractivity contribution in [3.8, 4) is 0 Å². The van der Waals surface area contributed by atoms with E-state index in [1.807, 2.05) is 20.8 Å². The molecule has 0 fully saturated rings. The van der Waals surface area contributed by atoms with Crippen LogP contribution in [0.15, 0.2) is 4.42 Å². The Morgan fingerprint density at radius 2 is 1.94 bits per heavy atom. The molecule has 4 heteroatoms. The normalized spacial score (nSPS) is 14.3. The van der Waals surface area contributed by atoms with Crippen LogP contribution in [0, 0.1) is 20.8 Å². The van der Waals surface area contributed by atoms with Gasteiger partial charge in [-0.1, -0.05) is 22.9 Å². The van der Waals surface area contributed by atoms with E-state index < -0.39 is 0 Å². The number of aryl methyl sites for hydroxylation is 2. The first-order valence-electron chi connectivity index (χ1n) is 6.29. The van der Waals surface area contributed by atoms with Crippen molar-refractivity contribution in [2.45, 2.75) is 53.0 Å². The molecule has 1 unspecified atom stereocenters. The molecule has 1 aromatic heterocycles. The van der Waals surface area contributed by atoms with Crippen LogP contribution in [-0.2, 0) is 0 Å². The summed E-state index contributed by atoms with van der Waals surface area (Å²) in [6.45, 7) is 9.81. The standard InChI is InChI=1S/C14H22BrNO2/c1-6-14(5,7-8-15)16-13(17)12-9(2)10(3)18-11(12)4/h6-8H2,1-5H3,(H,16,17). The third-order valence-corrected chi connectivity index (χ3v) is 4.03. The van der Waals surface area contributed by atoms with Crippen molar-refractivity contribution in [2.75, 3.05) is 5.33 Å². The lowest BCUT2D eigenvalue weighted by Gasteiger charge is -2.29. The number of hydrogen-bond acceptors (Lipinski definition) is 2. The van der Waals surface area contributed by atoms with Gasteiger partial charge in [0.2, 0.25) is 0 Å². The molecule has 1 atom stereocenters. The van der Waals surface area contributed by atoms with E-state index in [0.29, 0.717) is 11.3 Å². The average Bonchev–Trinajstić information content (AvgIpc) is 2.53. The second-order valence-electron chi connectivity index (χ2n) is 5.02. The second-order valence-corrected chi connectivity index (χ2v) is 5.81. The summed E-state index contributed by atoms with van der Waals surface area (Å²) in [5.41, 5.74) is 1.44. The van der Waals surface area contributed by atoms with Crippen LogP contribution in [-0.4, -0.2) is 16.8 Å². The molecule has 0 bridgehead atoms. The van der Waals surface area contributed by atoms with Crippen LogP contribution in [0.1, 0.15) is 54.1 Å². The number of carbonyl (C=O) groups excluding carboxylic acids is 1. The number of amides is 1. The molecule has 102 valence electrons. The summed E-state index contributed by atoms with van der Waals surface area (Å²) >= 11 is 3.44. The number of furan rings is 1. The topological polar surface area (TPSA) is 42.2 Å². The minimum Gasteiger partial charge on any atom is -0.466 e. The van der Waals surface area contributed by atoms with Gasteiger partial charge in [-0.2, -0.15) is 0 Å². The largest absolute Gasteiger partial charge is 0.466 e. The first-order valence-corrected chi connectivity index (χ1v) is 7.42. The Kier molecular flexibility index (Phi) is 5.02. The minimum atomic E-state index is -0.176. The third-order valence-electron chi connectivity index (χ3n) is 3.63. The second kappa shape index (κ2) is 5.91. The third kappa shape index (κ3) is 3.16. The lowest BCUT2D eigenvalue weighted by atomic mass is 9.94. The maximum absolute atomic E-state index is 12.4. The minimum absolute atomic E-state index is 0.0350. The van der Waals surface area contributed by atoms with Crippen molar-refractivity contribution in [3.63, 3.8) is 0 Å². The predicted molar refractivity (Wildman–Crippen MR) is 77.5 cm³/mol. The molecular formula is C14H22BrNO2. The van der Waals surface area contributed by atoms with E-state index in [4.69, 9.17) is 4.42 Å². The SMILES string of the molecule is CCC(C)(CCBr)NC(=O)c1c(C)oc(C)c1C. The van der Waals surface area contributed by atoms with Crippen molar-refractivity contribution < 1.29 is 9.21 Å². The number of halogens is 1. The zero-order valence-electron chi connectivity index (χ0n) is 11.8. The van der Waals surface area contributed by atoms with E-state index in [0.717, 1.165) is 29.5 Å². The van der Waals surface area contributed by atoms with Gasteiger partial charge in [-0.05, 0) is 40.5 Å². The Labute approximate surface area is 117 Å². The summed E-state index contributed by atoms with van der Waals surface area (Å²) in [6.07, 6.45) is 1.81. The summed E-state index contributed by atoms with van der Waals surface area (Å²) in [5.74, 6) is 1.48. The summed E-state index contributed by atoms with van der Waals surface area (Å²) < 4.78 is 5.50. The molecule has 0 aromatic carbocycles. The quantitative estimate of drug-likeness (QED) is 0.838. The van der Waals surface area contributed by atoms with Crippen LogP contribution >= 0.6 is 15.9 Å².